The summed E-state index contributed by atoms with van der Waals surface area (Å²) < 4.78 is 13.9. The number of aromatic hydroxyl groups is 1. The van der Waals surface area contributed by atoms with E-state index in [4.69, 9.17) is 0 Å². The van der Waals surface area contributed by atoms with E-state index in [1.165, 1.54) is 6.07 Å². The van der Waals surface area contributed by atoms with Gasteiger partial charge < -0.3 is 10.1 Å². The summed E-state index contributed by atoms with van der Waals surface area (Å²) in [7, 11) is 0. The van der Waals surface area contributed by atoms with Gasteiger partial charge in [0.1, 0.15) is 22.9 Å². The molecule has 6 aromatic rings. The van der Waals surface area contributed by atoms with Gasteiger partial charge in [-0.25, -0.2) is 9.37 Å². The van der Waals surface area contributed by atoms with Crippen molar-refractivity contribution in [1.29, 1.82) is 0 Å². The Morgan fingerprint density at radius 3 is 2.50 bits per heavy atom. The van der Waals surface area contributed by atoms with Gasteiger partial charge in [0.2, 0.25) is 0 Å². The Kier molecular flexibility index (Phi) is 4.04. The number of fused-ring (bicyclic) bond motifs is 2. The van der Waals surface area contributed by atoms with E-state index in [9.17, 15) is 9.50 Å². The van der Waals surface area contributed by atoms with E-state index in [2.05, 4.69) is 44.4 Å². The van der Waals surface area contributed by atoms with Gasteiger partial charge in [-0.1, -0.05) is 36.4 Å². The van der Waals surface area contributed by atoms with Crippen molar-refractivity contribution in [3.8, 4) is 39.4 Å². The Morgan fingerprint density at radius 1 is 0.781 bits per heavy atom. The standard InChI is InChI=1S/C26H17FN4O/c27-18-10-17(11-19(32)13-18)20-8-9-28-26-21(20)14-24(29-26)25-22-12-16(6-7-23(22)30-31-25)15-4-2-1-3-5-15/h1-14,32H,(H,28,29)(H,30,31). The van der Waals surface area contributed by atoms with Crippen molar-refractivity contribution >= 4 is 21.9 Å². The van der Waals surface area contributed by atoms with Crippen LogP contribution in [-0.4, -0.2) is 25.3 Å². The Bertz CT molecular complexity index is 1580. The van der Waals surface area contributed by atoms with Gasteiger partial charge in [0.25, 0.3) is 0 Å². The second-order valence-corrected chi connectivity index (χ2v) is 7.70. The number of aromatic amines is 2. The molecule has 6 rings (SSSR count). The summed E-state index contributed by atoms with van der Waals surface area (Å²) in [5, 5.41) is 19.3. The van der Waals surface area contributed by atoms with Gasteiger partial charge in [0.15, 0.2) is 0 Å². The molecule has 5 nitrogen and oxygen atoms in total. The van der Waals surface area contributed by atoms with Crippen LogP contribution in [0.3, 0.4) is 0 Å². The number of phenols is 1. The van der Waals surface area contributed by atoms with Crippen molar-refractivity contribution in [2.75, 3.05) is 0 Å². The summed E-state index contributed by atoms with van der Waals surface area (Å²) in [6, 6.07) is 24.2. The largest absolute Gasteiger partial charge is 0.508 e. The lowest BCUT2D eigenvalue weighted by atomic mass is 10.0. The predicted molar refractivity (Wildman–Crippen MR) is 124 cm³/mol. The lowest BCUT2D eigenvalue weighted by Crippen LogP contribution is -1.84. The van der Waals surface area contributed by atoms with Crippen LogP contribution >= 0.6 is 0 Å². The number of phenolic OH excluding ortho intramolecular Hbond substituents is 1. The molecule has 3 N–H and O–H groups in total. The summed E-state index contributed by atoms with van der Waals surface area (Å²) in [5.74, 6) is -0.611. The van der Waals surface area contributed by atoms with E-state index >= 15 is 0 Å². The van der Waals surface area contributed by atoms with Crippen LogP contribution in [0.25, 0.3) is 55.6 Å². The van der Waals surface area contributed by atoms with Gasteiger partial charge >= 0.3 is 0 Å². The molecule has 0 saturated heterocycles. The SMILES string of the molecule is Oc1cc(F)cc(-c2ccnc3[nH]c(-c4n[nH]c5ccc(-c6ccccc6)cc45)cc23)c1. The summed E-state index contributed by atoms with van der Waals surface area (Å²) >= 11 is 0. The Hall–Kier alpha value is -4.45. The Balaban J connectivity index is 1.52. The molecular formula is C26H17FN4O. The summed E-state index contributed by atoms with van der Waals surface area (Å²) in [5.41, 5.74) is 6.77. The zero-order valence-electron chi connectivity index (χ0n) is 16.8. The Labute approximate surface area is 182 Å². The van der Waals surface area contributed by atoms with E-state index in [1.54, 1.807) is 12.3 Å². The summed E-state index contributed by atoms with van der Waals surface area (Å²) in [4.78, 5) is 7.78. The molecule has 0 radical (unpaired) electrons. The van der Waals surface area contributed by atoms with Crippen molar-refractivity contribution in [2.45, 2.75) is 0 Å². The fourth-order valence-electron chi connectivity index (χ4n) is 4.17. The molecule has 0 bridgehead atoms. The van der Waals surface area contributed by atoms with Gasteiger partial charge in [-0.05, 0) is 58.7 Å². The molecule has 0 spiro atoms. The number of aromatic nitrogens is 4. The Morgan fingerprint density at radius 2 is 1.66 bits per heavy atom. The van der Waals surface area contributed by atoms with Crippen molar-refractivity contribution in [1.82, 2.24) is 20.2 Å². The minimum absolute atomic E-state index is 0.118. The maximum absolute atomic E-state index is 13.9. The van der Waals surface area contributed by atoms with E-state index in [0.29, 0.717) is 11.2 Å². The summed E-state index contributed by atoms with van der Waals surface area (Å²) in [6.07, 6.45) is 1.66. The highest BCUT2D eigenvalue weighted by atomic mass is 19.1. The number of pyridine rings is 1. The number of hydrogen-bond donors (Lipinski definition) is 3. The molecule has 0 unspecified atom stereocenters. The van der Waals surface area contributed by atoms with Crippen LogP contribution in [0.4, 0.5) is 4.39 Å². The maximum atomic E-state index is 13.9. The average Bonchev–Trinajstić information content (AvgIpc) is 3.42. The van der Waals surface area contributed by atoms with Gasteiger partial charge in [-0.15, -0.1) is 0 Å². The topological polar surface area (TPSA) is 77.6 Å². The zero-order chi connectivity index (χ0) is 21.7. The fraction of sp³-hybridized carbons (Fsp3) is 0. The van der Waals surface area contributed by atoms with Crippen LogP contribution in [-0.2, 0) is 0 Å². The fourth-order valence-corrected chi connectivity index (χ4v) is 4.17. The van der Waals surface area contributed by atoms with E-state index in [-0.39, 0.29) is 5.75 Å². The summed E-state index contributed by atoms with van der Waals surface area (Å²) in [6.45, 7) is 0. The highest BCUT2D eigenvalue weighted by Crippen LogP contribution is 2.35. The number of benzene rings is 3. The smallest absolute Gasteiger partial charge is 0.138 e. The van der Waals surface area contributed by atoms with Crippen LogP contribution in [0.15, 0.2) is 85.1 Å². The number of halogens is 1. The van der Waals surface area contributed by atoms with Crippen molar-refractivity contribution in [3.05, 3.63) is 90.9 Å². The second-order valence-electron chi connectivity index (χ2n) is 7.70. The number of nitrogens with one attached hydrogen (secondary N) is 2. The maximum Gasteiger partial charge on any atom is 0.138 e. The van der Waals surface area contributed by atoms with Crippen LogP contribution in [0.1, 0.15) is 0 Å². The molecule has 0 atom stereocenters. The number of rotatable bonds is 3. The monoisotopic (exact) mass is 420 g/mol. The first kappa shape index (κ1) is 18.3. The highest BCUT2D eigenvalue weighted by Gasteiger charge is 2.15. The van der Waals surface area contributed by atoms with Gasteiger partial charge in [-0.2, -0.15) is 5.10 Å². The first-order chi connectivity index (χ1) is 15.7. The first-order valence-corrected chi connectivity index (χ1v) is 10.2. The molecule has 0 fully saturated rings. The molecule has 0 amide bonds. The van der Waals surface area contributed by atoms with E-state index in [1.807, 2.05) is 36.4 Å². The zero-order valence-corrected chi connectivity index (χ0v) is 16.8. The van der Waals surface area contributed by atoms with Crippen molar-refractivity contribution in [3.63, 3.8) is 0 Å². The van der Waals surface area contributed by atoms with Gasteiger partial charge in [-0.3, -0.25) is 5.10 Å². The average molecular weight is 420 g/mol. The van der Waals surface area contributed by atoms with Crippen LogP contribution < -0.4 is 0 Å². The number of nitrogens with zero attached hydrogens (tertiary/aromatic N) is 2. The molecule has 0 aliphatic heterocycles. The molecular weight excluding hydrogens is 403 g/mol. The van der Waals surface area contributed by atoms with Crippen LogP contribution in [0, 0.1) is 5.82 Å². The lowest BCUT2D eigenvalue weighted by Gasteiger charge is -2.04. The minimum atomic E-state index is -0.493. The third-order valence-electron chi connectivity index (χ3n) is 5.65. The quantitative estimate of drug-likeness (QED) is 0.315. The first-order valence-electron chi connectivity index (χ1n) is 10.2. The number of hydrogen-bond acceptors (Lipinski definition) is 3. The number of H-pyrrole nitrogens is 2. The molecule has 6 heteroatoms. The lowest BCUT2D eigenvalue weighted by molar-refractivity contribution is 0.469. The third-order valence-corrected chi connectivity index (χ3v) is 5.65. The third kappa shape index (κ3) is 3.01. The van der Waals surface area contributed by atoms with E-state index < -0.39 is 5.82 Å². The molecule has 32 heavy (non-hydrogen) atoms. The normalized spacial score (nSPS) is 11.4. The van der Waals surface area contributed by atoms with Crippen LogP contribution in [0.5, 0.6) is 5.75 Å². The highest BCUT2D eigenvalue weighted by molar-refractivity contribution is 6.00. The molecule has 3 aromatic carbocycles. The molecule has 0 saturated carbocycles. The van der Waals surface area contributed by atoms with Crippen LogP contribution in [0.2, 0.25) is 0 Å². The molecule has 3 heterocycles. The molecule has 0 aliphatic carbocycles. The van der Waals surface area contributed by atoms with Crippen molar-refractivity contribution < 1.29 is 9.50 Å². The minimum Gasteiger partial charge on any atom is -0.508 e. The van der Waals surface area contributed by atoms with Crippen molar-refractivity contribution in [2.24, 2.45) is 0 Å². The second kappa shape index (κ2) is 7.06. The predicted octanol–water partition coefficient (Wildman–Crippen LogP) is 6.28. The molecule has 3 aromatic heterocycles. The molecule has 154 valence electrons. The van der Waals surface area contributed by atoms with E-state index in [0.717, 1.165) is 50.4 Å². The van der Waals surface area contributed by atoms with Gasteiger partial charge in [0, 0.05) is 23.0 Å². The van der Waals surface area contributed by atoms with Gasteiger partial charge in [0.05, 0.1) is 11.2 Å². The molecule has 0 aliphatic rings.